The number of carbonyl (C=O) groups excluding carboxylic acids is 1. The lowest BCUT2D eigenvalue weighted by atomic mass is 10.0. The Bertz CT molecular complexity index is 560. The molecule has 1 saturated heterocycles. The number of nitrogens with zero attached hydrogens (tertiary/aromatic N) is 2. The van der Waals surface area contributed by atoms with Gasteiger partial charge < -0.3 is 15.0 Å². The summed E-state index contributed by atoms with van der Waals surface area (Å²) >= 11 is 0. The van der Waals surface area contributed by atoms with Crippen LogP contribution in [0.1, 0.15) is 64.2 Å². The molecule has 0 bridgehead atoms. The smallest absolute Gasteiger partial charge is 0.251 e. The number of unbranched alkanes of at least 4 members (excludes halogenated alkanes) is 1. The molecule has 1 amide bonds. The lowest BCUT2D eigenvalue weighted by Gasteiger charge is -2.40. The highest BCUT2D eigenvalue weighted by atomic mass is 16.5. The summed E-state index contributed by atoms with van der Waals surface area (Å²) in [6.45, 7) is 12.2. The van der Waals surface area contributed by atoms with Crippen molar-refractivity contribution < 1.29 is 9.53 Å². The minimum Gasteiger partial charge on any atom is -0.371 e. The summed E-state index contributed by atoms with van der Waals surface area (Å²) in [5.41, 5.74) is 0.663. The number of pyridine rings is 1. The zero-order chi connectivity index (χ0) is 18.4. The van der Waals surface area contributed by atoms with Gasteiger partial charge in [-0.25, -0.2) is 4.98 Å². The molecule has 1 aromatic heterocycles. The van der Waals surface area contributed by atoms with Gasteiger partial charge in [-0.3, -0.25) is 4.79 Å². The number of morpholine rings is 1. The Morgan fingerprint density at radius 3 is 2.76 bits per heavy atom. The van der Waals surface area contributed by atoms with Gasteiger partial charge >= 0.3 is 0 Å². The third-order valence-corrected chi connectivity index (χ3v) is 4.57. The Morgan fingerprint density at radius 1 is 1.36 bits per heavy atom. The second-order valence-corrected chi connectivity index (χ2v) is 7.62. The lowest BCUT2D eigenvalue weighted by molar-refractivity contribution is -0.0521. The molecule has 0 radical (unpaired) electrons. The first-order valence-corrected chi connectivity index (χ1v) is 9.58. The molecular formula is C20H33N3O2. The molecule has 0 unspecified atom stereocenters. The summed E-state index contributed by atoms with van der Waals surface area (Å²) in [6, 6.07) is 3.80. The monoisotopic (exact) mass is 347 g/mol. The summed E-state index contributed by atoms with van der Waals surface area (Å²) in [7, 11) is 0. The van der Waals surface area contributed by atoms with E-state index < -0.39 is 0 Å². The predicted molar refractivity (Wildman–Crippen MR) is 102 cm³/mol. The first-order valence-electron chi connectivity index (χ1n) is 9.58. The highest BCUT2D eigenvalue weighted by Crippen LogP contribution is 2.25. The van der Waals surface area contributed by atoms with E-state index >= 15 is 0 Å². The van der Waals surface area contributed by atoms with Crippen molar-refractivity contribution in [1.29, 1.82) is 0 Å². The van der Waals surface area contributed by atoms with Gasteiger partial charge in [-0.15, -0.1) is 0 Å². The fourth-order valence-electron chi connectivity index (χ4n) is 3.10. The molecule has 1 N–H and O–H groups in total. The molecule has 1 fully saturated rings. The van der Waals surface area contributed by atoms with Gasteiger partial charge in [-0.2, -0.15) is 0 Å². The van der Waals surface area contributed by atoms with Crippen LogP contribution in [0.25, 0.3) is 0 Å². The second kappa shape index (κ2) is 9.18. The van der Waals surface area contributed by atoms with Gasteiger partial charge in [-0.1, -0.05) is 33.6 Å². The van der Waals surface area contributed by atoms with Gasteiger partial charge in [0.2, 0.25) is 0 Å². The SMILES string of the molecule is CCCC[C@@H]1CN(c2cc(C(=O)NC(C)C)ccn2)C[C@H](C(C)C)O1. The second-order valence-electron chi connectivity index (χ2n) is 7.62. The molecule has 2 atom stereocenters. The first-order chi connectivity index (χ1) is 11.9. The van der Waals surface area contributed by atoms with E-state index in [1.807, 2.05) is 19.9 Å². The fraction of sp³-hybridized carbons (Fsp3) is 0.700. The number of hydrogen-bond donors (Lipinski definition) is 1. The number of rotatable bonds is 7. The molecule has 5 nitrogen and oxygen atoms in total. The maximum Gasteiger partial charge on any atom is 0.251 e. The predicted octanol–water partition coefficient (Wildman–Crippen LogP) is 3.64. The highest BCUT2D eigenvalue weighted by Gasteiger charge is 2.30. The van der Waals surface area contributed by atoms with Gasteiger partial charge in [0.15, 0.2) is 0 Å². The van der Waals surface area contributed by atoms with Crippen LogP contribution in [0.4, 0.5) is 5.82 Å². The molecule has 1 aromatic rings. The van der Waals surface area contributed by atoms with E-state index in [1.54, 1.807) is 12.3 Å². The van der Waals surface area contributed by atoms with Crippen LogP contribution in [0.15, 0.2) is 18.3 Å². The largest absolute Gasteiger partial charge is 0.371 e. The molecule has 140 valence electrons. The number of aromatic nitrogens is 1. The molecule has 25 heavy (non-hydrogen) atoms. The quantitative estimate of drug-likeness (QED) is 0.818. The van der Waals surface area contributed by atoms with E-state index in [4.69, 9.17) is 4.74 Å². The highest BCUT2D eigenvalue weighted by molar-refractivity contribution is 5.94. The van der Waals surface area contributed by atoms with Crippen molar-refractivity contribution in [2.45, 2.75) is 72.1 Å². The number of nitrogens with one attached hydrogen (secondary N) is 1. The Kier molecular flexibility index (Phi) is 7.24. The Morgan fingerprint density at radius 2 is 2.12 bits per heavy atom. The summed E-state index contributed by atoms with van der Waals surface area (Å²) < 4.78 is 6.28. The van der Waals surface area contributed by atoms with Crippen LogP contribution < -0.4 is 10.2 Å². The van der Waals surface area contributed by atoms with Crippen molar-refractivity contribution >= 4 is 11.7 Å². The van der Waals surface area contributed by atoms with Gasteiger partial charge in [0.1, 0.15) is 5.82 Å². The summed E-state index contributed by atoms with van der Waals surface area (Å²) in [5.74, 6) is 1.28. The molecule has 2 heterocycles. The van der Waals surface area contributed by atoms with Crippen molar-refractivity contribution in [3.05, 3.63) is 23.9 Å². The molecule has 2 rings (SSSR count). The first kappa shape index (κ1) is 19.7. The number of amides is 1. The van der Waals surface area contributed by atoms with Crippen LogP contribution in [0, 0.1) is 5.92 Å². The standard InChI is InChI=1S/C20H33N3O2/c1-6-7-8-17-12-23(13-18(25-17)14(2)3)19-11-16(9-10-21-19)20(24)22-15(4)5/h9-11,14-15,17-18H,6-8,12-13H2,1-5H3,(H,22,24)/t17-,18-/m1/s1. The summed E-state index contributed by atoms with van der Waals surface area (Å²) in [4.78, 5) is 19.1. The minimum absolute atomic E-state index is 0.0464. The van der Waals surface area contributed by atoms with Crippen molar-refractivity contribution in [2.24, 2.45) is 5.92 Å². The van der Waals surface area contributed by atoms with E-state index in [0.29, 0.717) is 11.5 Å². The number of anilines is 1. The molecule has 5 heteroatoms. The van der Waals surface area contributed by atoms with Crippen molar-refractivity contribution in [2.75, 3.05) is 18.0 Å². The number of ether oxygens (including phenoxy) is 1. The van der Waals surface area contributed by atoms with Gasteiger partial charge in [-0.05, 0) is 38.3 Å². The fourth-order valence-corrected chi connectivity index (χ4v) is 3.10. The lowest BCUT2D eigenvalue weighted by Crippen LogP contribution is -2.50. The molecule has 0 aliphatic carbocycles. The number of carbonyl (C=O) groups is 1. The minimum atomic E-state index is -0.0464. The van der Waals surface area contributed by atoms with Crippen LogP contribution in [0.2, 0.25) is 0 Å². The van der Waals surface area contributed by atoms with E-state index in [0.717, 1.165) is 25.3 Å². The zero-order valence-corrected chi connectivity index (χ0v) is 16.3. The van der Waals surface area contributed by atoms with Crippen LogP contribution >= 0.6 is 0 Å². The zero-order valence-electron chi connectivity index (χ0n) is 16.3. The molecule has 0 spiro atoms. The van der Waals surface area contributed by atoms with Gasteiger partial charge in [0.25, 0.3) is 5.91 Å². The van der Waals surface area contributed by atoms with E-state index in [-0.39, 0.29) is 24.2 Å². The Balaban J connectivity index is 2.15. The topological polar surface area (TPSA) is 54.5 Å². The Labute approximate surface area is 152 Å². The average Bonchev–Trinajstić information content (AvgIpc) is 2.59. The van der Waals surface area contributed by atoms with Gasteiger partial charge in [0, 0.05) is 30.9 Å². The Hall–Kier alpha value is -1.62. The van der Waals surface area contributed by atoms with Crippen molar-refractivity contribution in [3.8, 4) is 0 Å². The van der Waals surface area contributed by atoms with Crippen LogP contribution in [-0.4, -0.2) is 42.2 Å². The van der Waals surface area contributed by atoms with Crippen molar-refractivity contribution in [1.82, 2.24) is 10.3 Å². The third kappa shape index (κ3) is 5.70. The summed E-state index contributed by atoms with van der Waals surface area (Å²) in [5, 5.41) is 2.94. The normalized spacial score (nSPS) is 21.0. The number of hydrogen-bond acceptors (Lipinski definition) is 4. The average molecular weight is 348 g/mol. The third-order valence-electron chi connectivity index (χ3n) is 4.57. The van der Waals surface area contributed by atoms with Crippen LogP contribution in [0.5, 0.6) is 0 Å². The summed E-state index contributed by atoms with van der Waals surface area (Å²) in [6.07, 6.45) is 5.58. The van der Waals surface area contributed by atoms with Gasteiger partial charge in [0.05, 0.1) is 12.2 Å². The maximum absolute atomic E-state index is 12.3. The van der Waals surface area contributed by atoms with Crippen molar-refractivity contribution in [3.63, 3.8) is 0 Å². The van der Waals surface area contributed by atoms with E-state index in [9.17, 15) is 4.79 Å². The van der Waals surface area contributed by atoms with E-state index in [2.05, 4.69) is 36.0 Å². The molecule has 1 aliphatic rings. The molecule has 0 saturated carbocycles. The molecule has 1 aliphatic heterocycles. The maximum atomic E-state index is 12.3. The molecule has 0 aromatic carbocycles. The van der Waals surface area contributed by atoms with Crippen LogP contribution in [-0.2, 0) is 4.74 Å². The molecular weight excluding hydrogens is 314 g/mol. The van der Waals surface area contributed by atoms with Crippen LogP contribution in [0.3, 0.4) is 0 Å². The van der Waals surface area contributed by atoms with E-state index in [1.165, 1.54) is 12.8 Å².